The molecular formula is C11H22O2. The molecule has 1 aliphatic rings. The highest BCUT2D eigenvalue weighted by Crippen LogP contribution is 2.39. The van der Waals surface area contributed by atoms with Gasteiger partial charge in [-0.2, -0.15) is 0 Å². The summed E-state index contributed by atoms with van der Waals surface area (Å²) in [6, 6.07) is 0. The zero-order valence-corrected chi connectivity index (χ0v) is 9.14. The Hall–Kier alpha value is -0.0800. The SMILES string of the molecule is CCOC(C)CC1(OCC)CCC1. The lowest BCUT2D eigenvalue weighted by molar-refractivity contribution is -0.123. The normalized spacial score (nSPS) is 22.4. The molecule has 0 aliphatic heterocycles. The van der Waals surface area contributed by atoms with Crippen molar-refractivity contribution in [2.75, 3.05) is 13.2 Å². The van der Waals surface area contributed by atoms with E-state index in [1.165, 1.54) is 19.3 Å². The first-order valence-corrected chi connectivity index (χ1v) is 5.48. The summed E-state index contributed by atoms with van der Waals surface area (Å²) in [5.41, 5.74) is 0.170. The third kappa shape index (κ3) is 2.96. The summed E-state index contributed by atoms with van der Waals surface area (Å²) in [4.78, 5) is 0. The molecule has 1 fully saturated rings. The summed E-state index contributed by atoms with van der Waals surface area (Å²) >= 11 is 0. The van der Waals surface area contributed by atoms with Crippen LogP contribution in [0.2, 0.25) is 0 Å². The molecule has 1 atom stereocenters. The van der Waals surface area contributed by atoms with Crippen LogP contribution in [0.15, 0.2) is 0 Å². The lowest BCUT2D eigenvalue weighted by atomic mass is 9.76. The van der Waals surface area contributed by atoms with Gasteiger partial charge in [-0.1, -0.05) is 0 Å². The Morgan fingerprint density at radius 2 is 1.92 bits per heavy atom. The van der Waals surface area contributed by atoms with Gasteiger partial charge < -0.3 is 9.47 Å². The summed E-state index contributed by atoms with van der Waals surface area (Å²) in [6.45, 7) is 7.90. The second-order valence-corrected chi connectivity index (χ2v) is 3.94. The molecule has 0 saturated heterocycles. The highest BCUT2D eigenvalue weighted by atomic mass is 16.5. The van der Waals surface area contributed by atoms with E-state index in [1.807, 2.05) is 6.92 Å². The van der Waals surface area contributed by atoms with Crippen molar-refractivity contribution in [1.82, 2.24) is 0 Å². The average Bonchev–Trinajstić information content (AvgIpc) is 2.01. The zero-order valence-electron chi connectivity index (χ0n) is 9.14. The van der Waals surface area contributed by atoms with Gasteiger partial charge in [0.05, 0.1) is 11.7 Å². The van der Waals surface area contributed by atoms with Gasteiger partial charge in [0.15, 0.2) is 0 Å². The van der Waals surface area contributed by atoms with E-state index in [1.54, 1.807) is 0 Å². The van der Waals surface area contributed by atoms with E-state index in [9.17, 15) is 0 Å². The molecule has 1 saturated carbocycles. The molecule has 1 unspecified atom stereocenters. The van der Waals surface area contributed by atoms with Crippen LogP contribution in [-0.2, 0) is 9.47 Å². The average molecular weight is 186 g/mol. The van der Waals surface area contributed by atoms with E-state index in [4.69, 9.17) is 9.47 Å². The maximum Gasteiger partial charge on any atom is 0.0707 e. The molecule has 0 bridgehead atoms. The molecule has 0 N–H and O–H groups in total. The standard InChI is InChI=1S/C11H22O2/c1-4-12-10(3)9-11(13-5-2)7-6-8-11/h10H,4-9H2,1-3H3. The molecule has 78 valence electrons. The van der Waals surface area contributed by atoms with Gasteiger partial charge in [0.2, 0.25) is 0 Å². The van der Waals surface area contributed by atoms with Crippen molar-refractivity contribution in [2.24, 2.45) is 0 Å². The minimum absolute atomic E-state index is 0.170. The molecule has 0 aromatic heterocycles. The highest BCUT2D eigenvalue weighted by molar-refractivity contribution is 4.91. The molecule has 0 radical (unpaired) electrons. The van der Waals surface area contributed by atoms with Crippen molar-refractivity contribution in [3.05, 3.63) is 0 Å². The third-order valence-corrected chi connectivity index (χ3v) is 2.83. The van der Waals surface area contributed by atoms with Crippen LogP contribution >= 0.6 is 0 Å². The fourth-order valence-corrected chi connectivity index (χ4v) is 2.15. The van der Waals surface area contributed by atoms with Crippen LogP contribution in [0.25, 0.3) is 0 Å². The minimum Gasteiger partial charge on any atom is -0.379 e. The summed E-state index contributed by atoms with van der Waals surface area (Å²) in [5, 5.41) is 0. The van der Waals surface area contributed by atoms with Crippen LogP contribution in [0.5, 0.6) is 0 Å². The molecule has 0 spiro atoms. The van der Waals surface area contributed by atoms with E-state index in [0.717, 1.165) is 19.6 Å². The van der Waals surface area contributed by atoms with Crippen molar-refractivity contribution < 1.29 is 9.47 Å². The number of hydrogen-bond acceptors (Lipinski definition) is 2. The van der Waals surface area contributed by atoms with Crippen molar-refractivity contribution in [2.45, 2.75) is 58.2 Å². The van der Waals surface area contributed by atoms with Gasteiger partial charge in [0.25, 0.3) is 0 Å². The lowest BCUT2D eigenvalue weighted by Gasteiger charge is -2.43. The molecule has 2 heteroatoms. The van der Waals surface area contributed by atoms with E-state index in [-0.39, 0.29) is 5.60 Å². The van der Waals surface area contributed by atoms with Gasteiger partial charge in [-0.15, -0.1) is 0 Å². The van der Waals surface area contributed by atoms with E-state index < -0.39 is 0 Å². The van der Waals surface area contributed by atoms with E-state index >= 15 is 0 Å². The fraction of sp³-hybridized carbons (Fsp3) is 1.00. The molecule has 0 heterocycles. The van der Waals surface area contributed by atoms with Gasteiger partial charge >= 0.3 is 0 Å². The van der Waals surface area contributed by atoms with Gasteiger partial charge in [-0.3, -0.25) is 0 Å². The summed E-state index contributed by atoms with van der Waals surface area (Å²) in [5.74, 6) is 0. The molecule has 1 aliphatic carbocycles. The van der Waals surface area contributed by atoms with Crippen molar-refractivity contribution >= 4 is 0 Å². The molecular weight excluding hydrogens is 164 g/mol. The molecule has 2 nitrogen and oxygen atoms in total. The van der Waals surface area contributed by atoms with E-state index in [0.29, 0.717) is 6.10 Å². The van der Waals surface area contributed by atoms with Gasteiger partial charge in [-0.25, -0.2) is 0 Å². The predicted octanol–water partition coefficient (Wildman–Crippen LogP) is 2.76. The first kappa shape index (κ1) is 11.0. The van der Waals surface area contributed by atoms with Crippen molar-refractivity contribution in [3.63, 3.8) is 0 Å². The predicted molar refractivity (Wildman–Crippen MR) is 53.9 cm³/mol. The summed E-state index contributed by atoms with van der Waals surface area (Å²) < 4.78 is 11.3. The fourth-order valence-electron chi connectivity index (χ4n) is 2.15. The topological polar surface area (TPSA) is 18.5 Å². The molecule has 1 rings (SSSR count). The smallest absolute Gasteiger partial charge is 0.0707 e. The van der Waals surface area contributed by atoms with Crippen LogP contribution in [0.3, 0.4) is 0 Å². The quantitative estimate of drug-likeness (QED) is 0.635. The molecule has 13 heavy (non-hydrogen) atoms. The first-order valence-electron chi connectivity index (χ1n) is 5.48. The Labute approximate surface area is 81.6 Å². The largest absolute Gasteiger partial charge is 0.379 e. The zero-order chi connectivity index (χ0) is 9.73. The Kier molecular flexibility index (Phi) is 4.20. The molecule has 0 aromatic carbocycles. The minimum atomic E-state index is 0.170. The van der Waals surface area contributed by atoms with Crippen LogP contribution in [0.1, 0.15) is 46.5 Å². The Balaban J connectivity index is 2.30. The van der Waals surface area contributed by atoms with Gasteiger partial charge in [0, 0.05) is 19.6 Å². The van der Waals surface area contributed by atoms with Crippen LogP contribution in [-0.4, -0.2) is 24.9 Å². The Morgan fingerprint density at radius 3 is 2.31 bits per heavy atom. The van der Waals surface area contributed by atoms with Crippen molar-refractivity contribution in [1.29, 1.82) is 0 Å². The maximum atomic E-state index is 5.80. The van der Waals surface area contributed by atoms with Gasteiger partial charge in [-0.05, 0) is 40.0 Å². The van der Waals surface area contributed by atoms with Crippen LogP contribution < -0.4 is 0 Å². The highest BCUT2D eigenvalue weighted by Gasteiger charge is 2.38. The van der Waals surface area contributed by atoms with Crippen molar-refractivity contribution in [3.8, 4) is 0 Å². The lowest BCUT2D eigenvalue weighted by Crippen LogP contribution is -2.43. The third-order valence-electron chi connectivity index (χ3n) is 2.83. The van der Waals surface area contributed by atoms with Crippen LogP contribution in [0, 0.1) is 0 Å². The van der Waals surface area contributed by atoms with E-state index in [2.05, 4.69) is 13.8 Å². The second-order valence-electron chi connectivity index (χ2n) is 3.94. The second kappa shape index (κ2) is 4.97. The Morgan fingerprint density at radius 1 is 1.23 bits per heavy atom. The maximum absolute atomic E-state index is 5.80. The molecule has 0 amide bonds. The summed E-state index contributed by atoms with van der Waals surface area (Å²) in [7, 11) is 0. The van der Waals surface area contributed by atoms with Crippen LogP contribution in [0.4, 0.5) is 0 Å². The molecule has 0 aromatic rings. The summed E-state index contributed by atoms with van der Waals surface area (Å²) in [6.07, 6.45) is 5.17. The number of ether oxygens (including phenoxy) is 2. The number of rotatable bonds is 6. The van der Waals surface area contributed by atoms with Gasteiger partial charge in [0.1, 0.15) is 0 Å². The monoisotopic (exact) mass is 186 g/mol. The Bertz CT molecular complexity index is 141. The first-order chi connectivity index (χ1) is 6.22. The number of hydrogen-bond donors (Lipinski definition) is 0.